The van der Waals surface area contributed by atoms with Gasteiger partial charge in [-0.05, 0) is 31.6 Å². The number of rotatable bonds is 8. The highest BCUT2D eigenvalue weighted by Crippen LogP contribution is 2.36. The van der Waals surface area contributed by atoms with Gasteiger partial charge in [-0.25, -0.2) is 8.78 Å². The molecular formula is C15H29F2NO. The number of nitrogens with one attached hydrogen (secondary N) is 1. The molecule has 0 unspecified atom stereocenters. The van der Waals surface area contributed by atoms with Crippen molar-refractivity contribution in [2.75, 3.05) is 13.2 Å². The third kappa shape index (κ3) is 6.17. The maximum Gasteiger partial charge on any atom is 0.261 e. The van der Waals surface area contributed by atoms with Gasteiger partial charge in [0.15, 0.2) is 0 Å². The Kier molecular flexibility index (Phi) is 7.22. The van der Waals surface area contributed by atoms with Gasteiger partial charge in [0, 0.05) is 12.6 Å². The van der Waals surface area contributed by atoms with Crippen LogP contribution in [0.2, 0.25) is 0 Å². The quantitative estimate of drug-likeness (QED) is 0.724. The number of hydrogen-bond donors (Lipinski definition) is 1. The third-order valence-corrected chi connectivity index (χ3v) is 4.06. The molecule has 0 saturated heterocycles. The van der Waals surface area contributed by atoms with Gasteiger partial charge in [-0.1, -0.05) is 33.6 Å². The summed E-state index contributed by atoms with van der Waals surface area (Å²) < 4.78 is 30.4. The van der Waals surface area contributed by atoms with E-state index >= 15 is 0 Å². The van der Waals surface area contributed by atoms with E-state index in [1.165, 1.54) is 12.8 Å². The van der Waals surface area contributed by atoms with Gasteiger partial charge in [0.05, 0.1) is 5.60 Å². The molecule has 0 aliphatic heterocycles. The standard InChI is InChI=1S/C15H29F2NO/c1-4-5-13-6-8-15(9-7-13,11-18-12(2)3)19-10-14(16)17/h12-14,18H,4-11H2,1-3H3. The normalized spacial score (nSPS) is 28.3. The van der Waals surface area contributed by atoms with Crippen LogP contribution < -0.4 is 5.32 Å². The summed E-state index contributed by atoms with van der Waals surface area (Å²) in [7, 11) is 0. The number of ether oxygens (including phenoxy) is 1. The van der Waals surface area contributed by atoms with Gasteiger partial charge in [-0.2, -0.15) is 0 Å². The largest absolute Gasteiger partial charge is 0.368 e. The summed E-state index contributed by atoms with van der Waals surface area (Å²) in [6, 6.07) is 0.361. The molecule has 0 aromatic heterocycles. The molecule has 0 radical (unpaired) electrons. The van der Waals surface area contributed by atoms with Gasteiger partial charge in [0.2, 0.25) is 0 Å². The van der Waals surface area contributed by atoms with Crippen molar-refractivity contribution in [3.05, 3.63) is 0 Å². The van der Waals surface area contributed by atoms with Crippen LogP contribution in [0.4, 0.5) is 8.78 Å². The Morgan fingerprint density at radius 1 is 1.26 bits per heavy atom. The molecule has 1 saturated carbocycles. The van der Waals surface area contributed by atoms with E-state index in [1.54, 1.807) is 0 Å². The SMILES string of the molecule is CCCC1CCC(CNC(C)C)(OCC(F)F)CC1. The van der Waals surface area contributed by atoms with Crippen LogP contribution in [0, 0.1) is 5.92 Å². The van der Waals surface area contributed by atoms with Gasteiger partial charge in [-0.15, -0.1) is 0 Å². The first-order chi connectivity index (χ1) is 8.97. The van der Waals surface area contributed by atoms with Crippen LogP contribution in [0.1, 0.15) is 59.3 Å². The maximum atomic E-state index is 12.4. The van der Waals surface area contributed by atoms with Crippen LogP contribution in [0.25, 0.3) is 0 Å². The topological polar surface area (TPSA) is 21.3 Å². The van der Waals surface area contributed by atoms with Crippen molar-refractivity contribution in [3.63, 3.8) is 0 Å². The van der Waals surface area contributed by atoms with Gasteiger partial charge in [0.25, 0.3) is 6.43 Å². The average molecular weight is 277 g/mol. The molecular weight excluding hydrogens is 248 g/mol. The zero-order valence-electron chi connectivity index (χ0n) is 12.6. The van der Waals surface area contributed by atoms with Crippen LogP contribution >= 0.6 is 0 Å². The summed E-state index contributed by atoms with van der Waals surface area (Å²) >= 11 is 0. The monoisotopic (exact) mass is 277 g/mol. The fourth-order valence-electron chi connectivity index (χ4n) is 2.90. The molecule has 2 nitrogen and oxygen atoms in total. The summed E-state index contributed by atoms with van der Waals surface area (Å²) in [5.41, 5.74) is -0.370. The van der Waals surface area contributed by atoms with Gasteiger partial charge >= 0.3 is 0 Å². The Hall–Kier alpha value is -0.220. The van der Waals surface area contributed by atoms with Gasteiger partial charge in [-0.3, -0.25) is 0 Å². The summed E-state index contributed by atoms with van der Waals surface area (Å²) in [6.07, 6.45) is 4.12. The van der Waals surface area contributed by atoms with Crippen molar-refractivity contribution >= 4 is 0 Å². The lowest BCUT2D eigenvalue weighted by molar-refractivity contribution is -0.111. The smallest absolute Gasteiger partial charge is 0.261 e. The molecule has 1 aliphatic carbocycles. The van der Waals surface area contributed by atoms with Crippen molar-refractivity contribution in [3.8, 4) is 0 Å². The molecule has 0 aromatic carbocycles. The minimum atomic E-state index is -2.37. The fraction of sp³-hybridized carbons (Fsp3) is 1.00. The number of hydrogen-bond acceptors (Lipinski definition) is 2. The van der Waals surface area contributed by atoms with E-state index < -0.39 is 13.0 Å². The summed E-state index contributed by atoms with van der Waals surface area (Å²) in [6.45, 7) is 6.61. The Morgan fingerprint density at radius 3 is 2.37 bits per heavy atom. The maximum absolute atomic E-state index is 12.4. The minimum absolute atomic E-state index is 0.361. The van der Waals surface area contributed by atoms with E-state index in [1.807, 2.05) is 0 Å². The molecule has 1 fully saturated rings. The second kappa shape index (κ2) is 8.15. The van der Waals surface area contributed by atoms with E-state index in [2.05, 4.69) is 26.1 Å². The third-order valence-electron chi connectivity index (χ3n) is 4.06. The van der Waals surface area contributed by atoms with Crippen LogP contribution in [0.5, 0.6) is 0 Å². The fourth-order valence-corrected chi connectivity index (χ4v) is 2.90. The van der Waals surface area contributed by atoms with Crippen LogP contribution in [0.15, 0.2) is 0 Å². The van der Waals surface area contributed by atoms with Crippen molar-refractivity contribution in [1.29, 1.82) is 0 Å². The molecule has 0 amide bonds. The molecule has 1 N–H and O–H groups in total. The Bertz CT molecular complexity index is 224. The van der Waals surface area contributed by atoms with Crippen molar-refractivity contribution in [2.45, 2.75) is 77.4 Å². The zero-order valence-corrected chi connectivity index (χ0v) is 12.6. The second-order valence-corrected chi connectivity index (χ2v) is 6.15. The van der Waals surface area contributed by atoms with E-state index in [9.17, 15) is 8.78 Å². The molecule has 0 bridgehead atoms. The van der Waals surface area contributed by atoms with Crippen molar-refractivity contribution < 1.29 is 13.5 Å². The zero-order chi connectivity index (χ0) is 14.3. The number of alkyl halides is 2. The predicted octanol–water partition coefficient (Wildman–Crippen LogP) is 4.00. The van der Waals surface area contributed by atoms with E-state index in [0.29, 0.717) is 12.6 Å². The first kappa shape index (κ1) is 16.8. The Morgan fingerprint density at radius 2 is 1.89 bits per heavy atom. The molecule has 1 rings (SSSR count). The Labute approximate surface area is 116 Å². The highest BCUT2D eigenvalue weighted by Gasteiger charge is 2.36. The molecule has 0 heterocycles. The molecule has 0 spiro atoms. The van der Waals surface area contributed by atoms with Gasteiger partial charge < -0.3 is 10.1 Å². The van der Waals surface area contributed by atoms with Crippen molar-refractivity contribution in [2.24, 2.45) is 5.92 Å². The first-order valence-corrected chi connectivity index (χ1v) is 7.63. The number of halogens is 2. The van der Waals surface area contributed by atoms with Crippen LogP contribution in [0.3, 0.4) is 0 Å². The lowest BCUT2D eigenvalue weighted by Gasteiger charge is -2.40. The first-order valence-electron chi connectivity index (χ1n) is 7.63. The highest BCUT2D eigenvalue weighted by molar-refractivity contribution is 4.90. The molecule has 0 aromatic rings. The molecule has 1 aliphatic rings. The molecule has 0 atom stereocenters. The summed E-state index contributed by atoms with van der Waals surface area (Å²) in [5.74, 6) is 0.757. The summed E-state index contributed by atoms with van der Waals surface area (Å²) in [4.78, 5) is 0. The lowest BCUT2D eigenvalue weighted by Crippen LogP contribution is -2.48. The molecule has 19 heavy (non-hydrogen) atoms. The van der Waals surface area contributed by atoms with E-state index in [4.69, 9.17) is 4.74 Å². The highest BCUT2D eigenvalue weighted by atomic mass is 19.3. The van der Waals surface area contributed by atoms with E-state index in [0.717, 1.165) is 31.6 Å². The molecule has 114 valence electrons. The average Bonchev–Trinajstić information content (AvgIpc) is 2.37. The Balaban J connectivity index is 2.51. The summed E-state index contributed by atoms with van der Waals surface area (Å²) in [5, 5.41) is 3.36. The van der Waals surface area contributed by atoms with E-state index in [-0.39, 0.29) is 5.60 Å². The predicted molar refractivity (Wildman–Crippen MR) is 74.7 cm³/mol. The van der Waals surface area contributed by atoms with Crippen LogP contribution in [-0.2, 0) is 4.74 Å². The van der Waals surface area contributed by atoms with Crippen molar-refractivity contribution in [1.82, 2.24) is 5.32 Å². The molecule has 4 heteroatoms. The second-order valence-electron chi connectivity index (χ2n) is 6.15. The minimum Gasteiger partial charge on any atom is -0.368 e. The van der Waals surface area contributed by atoms with Gasteiger partial charge in [0.1, 0.15) is 6.61 Å². The lowest BCUT2D eigenvalue weighted by atomic mass is 9.77. The van der Waals surface area contributed by atoms with Crippen LogP contribution in [-0.4, -0.2) is 31.2 Å².